The molecule has 0 bridgehead atoms. The van der Waals surface area contributed by atoms with Crippen molar-refractivity contribution in [3.63, 3.8) is 0 Å². The average molecular weight is 441 g/mol. The van der Waals surface area contributed by atoms with E-state index in [1.165, 1.54) is 42.5 Å². The Morgan fingerprint density at radius 3 is 2.16 bits per heavy atom. The van der Waals surface area contributed by atoms with Crippen molar-refractivity contribution in [1.29, 1.82) is 0 Å². The molecule has 0 saturated carbocycles. The number of nitrogens with zero attached hydrogens (tertiary/aromatic N) is 1. The summed E-state index contributed by atoms with van der Waals surface area (Å²) < 4.78 is 54.3. The highest BCUT2D eigenvalue weighted by Crippen LogP contribution is 2.44. The topological polar surface area (TPSA) is 74.7 Å². The first-order chi connectivity index (χ1) is 14.7. The molecule has 1 aliphatic heterocycles. The van der Waals surface area contributed by atoms with E-state index in [0.717, 1.165) is 28.7 Å². The van der Waals surface area contributed by atoms with E-state index in [0.29, 0.717) is 0 Å². The molecule has 31 heavy (non-hydrogen) atoms. The lowest BCUT2D eigenvalue weighted by atomic mass is 10.1. The van der Waals surface area contributed by atoms with Crippen LogP contribution >= 0.6 is 0 Å². The van der Waals surface area contributed by atoms with Crippen LogP contribution in [-0.2, 0) is 14.6 Å². The molecule has 0 aromatic heterocycles. The zero-order chi connectivity index (χ0) is 22.3. The lowest BCUT2D eigenvalue weighted by Crippen LogP contribution is -2.31. The van der Waals surface area contributed by atoms with E-state index >= 15 is 0 Å². The van der Waals surface area contributed by atoms with Crippen LogP contribution in [-0.4, -0.2) is 19.4 Å². The summed E-state index contributed by atoms with van der Waals surface area (Å²) in [4.78, 5) is 13.3. The van der Waals surface area contributed by atoms with Gasteiger partial charge in [0.05, 0.1) is 4.90 Å². The molecule has 0 spiro atoms. The molecule has 1 unspecified atom stereocenters. The van der Waals surface area contributed by atoms with Crippen molar-refractivity contribution in [3.05, 3.63) is 106 Å². The Hall–Kier alpha value is -3.52. The predicted octanol–water partition coefficient (Wildman–Crippen LogP) is 4.60. The van der Waals surface area contributed by atoms with Crippen molar-refractivity contribution in [1.82, 2.24) is 0 Å². The van der Waals surface area contributed by atoms with Gasteiger partial charge in [-0.1, -0.05) is 29.8 Å². The van der Waals surface area contributed by atoms with Crippen LogP contribution in [0.5, 0.6) is 0 Å². The van der Waals surface area contributed by atoms with Gasteiger partial charge in [-0.2, -0.15) is 0 Å². The van der Waals surface area contributed by atoms with Gasteiger partial charge in [-0.15, -0.1) is 0 Å². The molecule has 3 aromatic carbocycles. The van der Waals surface area contributed by atoms with Crippen molar-refractivity contribution in [2.45, 2.75) is 17.9 Å². The largest absolute Gasteiger partial charge is 0.502 e. The van der Waals surface area contributed by atoms with E-state index < -0.39 is 44.1 Å². The lowest BCUT2D eigenvalue weighted by Gasteiger charge is -2.27. The number of hydrogen-bond acceptors (Lipinski definition) is 4. The van der Waals surface area contributed by atoms with Crippen LogP contribution < -0.4 is 4.90 Å². The molecule has 0 aliphatic carbocycles. The minimum Gasteiger partial charge on any atom is -0.502 e. The van der Waals surface area contributed by atoms with Crippen molar-refractivity contribution in [3.8, 4) is 0 Å². The molecule has 158 valence electrons. The second-order valence-corrected chi connectivity index (χ2v) is 9.06. The molecule has 5 nitrogen and oxygen atoms in total. The van der Waals surface area contributed by atoms with E-state index in [9.17, 15) is 27.1 Å². The summed E-state index contributed by atoms with van der Waals surface area (Å²) in [7, 11) is -4.33. The van der Waals surface area contributed by atoms with Crippen LogP contribution in [0.15, 0.2) is 88.4 Å². The second-order valence-electron chi connectivity index (χ2n) is 7.14. The van der Waals surface area contributed by atoms with Crippen LogP contribution in [0, 0.1) is 18.6 Å². The molecule has 4 rings (SSSR count). The molecule has 0 radical (unpaired) electrons. The summed E-state index contributed by atoms with van der Waals surface area (Å²) in [6.45, 7) is 1.79. The van der Waals surface area contributed by atoms with E-state index in [1.807, 2.05) is 0 Å². The number of aliphatic hydroxyl groups is 1. The maximum Gasteiger partial charge on any atom is 0.295 e. The number of carbonyl (C=O) groups excluding carboxylic acids is 1. The summed E-state index contributed by atoms with van der Waals surface area (Å²) in [6, 6.07) is 14.5. The Balaban J connectivity index is 1.94. The molecule has 1 atom stereocenters. The standard InChI is InChI=1S/C23H17F2NO4S/c1-14-5-11-19(12-6-14)31(29,30)22-20(15-3-2-4-17(25)13-15)26(23(28)21(22)27)18-9-7-16(24)8-10-18/h2-13,20,27H,1H3. The van der Waals surface area contributed by atoms with Crippen molar-refractivity contribution >= 4 is 21.4 Å². The van der Waals surface area contributed by atoms with Crippen LogP contribution in [0.2, 0.25) is 0 Å². The highest BCUT2D eigenvalue weighted by Gasteiger charge is 2.47. The number of halogens is 2. The summed E-state index contributed by atoms with van der Waals surface area (Å²) in [5, 5.41) is 10.6. The second kappa shape index (κ2) is 7.63. The first-order valence-corrected chi connectivity index (χ1v) is 10.8. The Kier molecular flexibility index (Phi) is 5.10. The summed E-state index contributed by atoms with van der Waals surface area (Å²) >= 11 is 0. The van der Waals surface area contributed by atoms with Crippen LogP contribution in [0.25, 0.3) is 0 Å². The van der Waals surface area contributed by atoms with Gasteiger partial charge < -0.3 is 5.11 Å². The maximum atomic E-state index is 14.0. The fourth-order valence-corrected chi connectivity index (χ4v) is 5.17. The lowest BCUT2D eigenvalue weighted by molar-refractivity contribution is -0.117. The molecule has 0 fully saturated rings. The number of aryl methyl sites for hydroxylation is 1. The van der Waals surface area contributed by atoms with E-state index in [1.54, 1.807) is 19.1 Å². The van der Waals surface area contributed by atoms with Crippen LogP contribution in [0.1, 0.15) is 17.2 Å². The molecule has 1 amide bonds. The van der Waals surface area contributed by atoms with Gasteiger partial charge in [0.15, 0.2) is 5.76 Å². The minimum atomic E-state index is -4.33. The third kappa shape index (κ3) is 3.59. The van der Waals surface area contributed by atoms with Gasteiger partial charge in [0.2, 0.25) is 9.84 Å². The number of sulfone groups is 1. The van der Waals surface area contributed by atoms with Gasteiger partial charge in [0.25, 0.3) is 5.91 Å². The molecule has 1 N–H and O–H groups in total. The van der Waals surface area contributed by atoms with Crippen molar-refractivity contribution in [2.24, 2.45) is 0 Å². The third-order valence-electron chi connectivity index (χ3n) is 5.05. The monoisotopic (exact) mass is 441 g/mol. The predicted molar refractivity (Wildman–Crippen MR) is 111 cm³/mol. The van der Waals surface area contributed by atoms with Crippen LogP contribution in [0.3, 0.4) is 0 Å². The highest BCUT2D eigenvalue weighted by atomic mass is 32.2. The van der Waals surface area contributed by atoms with Gasteiger partial charge in [-0.05, 0) is 61.0 Å². The zero-order valence-corrected chi connectivity index (χ0v) is 17.1. The fourth-order valence-electron chi connectivity index (χ4n) is 3.55. The summed E-state index contributed by atoms with van der Waals surface area (Å²) in [5.41, 5.74) is 1.13. The zero-order valence-electron chi connectivity index (χ0n) is 16.3. The molecule has 8 heteroatoms. The Morgan fingerprint density at radius 1 is 0.903 bits per heavy atom. The molecular formula is C23H17F2NO4S. The SMILES string of the molecule is Cc1ccc(S(=O)(=O)C2=C(O)C(=O)N(c3ccc(F)cc3)C2c2cccc(F)c2)cc1. The Labute approximate surface area is 177 Å². The number of hydrogen-bond donors (Lipinski definition) is 1. The summed E-state index contributed by atoms with van der Waals surface area (Å²) in [5.74, 6) is -3.13. The molecule has 3 aromatic rings. The van der Waals surface area contributed by atoms with E-state index in [4.69, 9.17) is 0 Å². The number of aliphatic hydroxyl groups excluding tert-OH is 1. The van der Waals surface area contributed by atoms with Gasteiger partial charge in [0, 0.05) is 5.69 Å². The fraction of sp³-hybridized carbons (Fsp3) is 0.0870. The number of benzene rings is 3. The van der Waals surface area contributed by atoms with Crippen LogP contribution in [0.4, 0.5) is 14.5 Å². The van der Waals surface area contributed by atoms with Gasteiger partial charge >= 0.3 is 0 Å². The maximum absolute atomic E-state index is 14.0. The van der Waals surface area contributed by atoms with Crippen molar-refractivity contribution in [2.75, 3.05) is 4.90 Å². The third-order valence-corrected chi connectivity index (χ3v) is 6.94. The molecule has 1 heterocycles. The first kappa shape index (κ1) is 20.7. The van der Waals surface area contributed by atoms with E-state index in [2.05, 4.69) is 0 Å². The minimum absolute atomic E-state index is 0.116. The first-order valence-electron chi connectivity index (χ1n) is 9.29. The van der Waals surface area contributed by atoms with Gasteiger partial charge in [-0.3, -0.25) is 9.69 Å². The number of amides is 1. The number of anilines is 1. The Bertz CT molecular complexity index is 1300. The summed E-state index contributed by atoms with van der Waals surface area (Å²) in [6.07, 6.45) is 0. The van der Waals surface area contributed by atoms with Gasteiger partial charge in [-0.25, -0.2) is 17.2 Å². The molecule has 1 aliphatic rings. The quantitative estimate of drug-likeness (QED) is 0.642. The van der Waals surface area contributed by atoms with E-state index in [-0.39, 0.29) is 16.1 Å². The number of carbonyl (C=O) groups is 1. The molecular weight excluding hydrogens is 424 g/mol. The van der Waals surface area contributed by atoms with Gasteiger partial charge in [0.1, 0.15) is 22.6 Å². The number of rotatable bonds is 4. The van der Waals surface area contributed by atoms with Crippen molar-refractivity contribution < 1.29 is 27.1 Å². The Morgan fingerprint density at radius 2 is 1.55 bits per heavy atom. The molecule has 0 saturated heterocycles. The average Bonchev–Trinajstić information content (AvgIpc) is 3.00. The highest BCUT2D eigenvalue weighted by molar-refractivity contribution is 7.95. The smallest absolute Gasteiger partial charge is 0.295 e. The normalized spacial score (nSPS) is 16.8.